The highest BCUT2D eigenvalue weighted by molar-refractivity contribution is 5.96. The van der Waals surface area contributed by atoms with E-state index in [1.54, 1.807) is 21.7 Å². The molecule has 136 valence electrons. The van der Waals surface area contributed by atoms with Crippen molar-refractivity contribution in [2.24, 2.45) is 7.05 Å². The smallest absolute Gasteiger partial charge is 0.274 e. The number of rotatable bonds is 3. The van der Waals surface area contributed by atoms with E-state index in [1.165, 1.54) is 13.3 Å². The van der Waals surface area contributed by atoms with E-state index in [9.17, 15) is 9.59 Å². The SMILES string of the molecule is COc1ccc(C(=O)N2Cc3c(C(=O)N4CCCC4)nn(C)c3C2)cn1. The van der Waals surface area contributed by atoms with Crippen LogP contribution in [0.15, 0.2) is 18.3 Å². The Morgan fingerprint density at radius 1 is 1.08 bits per heavy atom. The molecule has 4 heterocycles. The van der Waals surface area contributed by atoms with Crippen molar-refractivity contribution >= 4 is 11.8 Å². The lowest BCUT2D eigenvalue weighted by atomic mass is 10.2. The van der Waals surface area contributed by atoms with Crippen molar-refractivity contribution in [3.63, 3.8) is 0 Å². The van der Waals surface area contributed by atoms with Gasteiger partial charge in [-0.3, -0.25) is 14.3 Å². The van der Waals surface area contributed by atoms with Crippen LogP contribution in [-0.2, 0) is 20.1 Å². The van der Waals surface area contributed by atoms with Crippen LogP contribution in [0.2, 0.25) is 0 Å². The highest BCUT2D eigenvalue weighted by Gasteiger charge is 2.34. The molecule has 1 saturated heterocycles. The average molecular weight is 355 g/mol. The highest BCUT2D eigenvalue weighted by atomic mass is 16.5. The molecule has 1 fully saturated rings. The van der Waals surface area contributed by atoms with Crippen molar-refractivity contribution in [2.75, 3.05) is 20.2 Å². The van der Waals surface area contributed by atoms with Crippen LogP contribution in [0.4, 0.5) is 0 Å². The van der Waals surface area contributed by atoms with Gasteiger partial charge in [0.25, 0.3) is 11.8 Å². The summed E-state index contributed by atoms with van der Waals surface area (Å²) in [5.41, 5.74) is 2.76. The summed E-state index contributed by atoms with van der Waals surface area (Å²) in [6.45, 7) is 2.40. The standard InChI is InChI=1S/C18H21N5O3/c1-21-14-11-23(17(24)12-5-6-15(26-2)19-9-12)10-13(14)16(20-21)18(25)22-7-3-4-8-22/h5-6,9H,3-4,7-8,10-11H2,1-2H3. The number of amides is 2. The molecule has 0 saturated carbocycles. The lowest BCUT2D eigenvalue weighted by molar-refractivity contribution is 0.0736. The second-order valence-electron chi connectivity index (χ2n) is 6.65. The number of methoxy groups -OCH3 is 1. The van der Waals surface area contributed by atoms with Crippen molar-refractivity contribution in [3.8, 4) is 5.88 Å². The summed E-state index contributed by atoms with van der Waals surface area (Å²) in [6.07, 6.45) is 3.59. The molecule has 2 amide bonds. The molecule has 0 radical (unpaired) electrons. The quantitative estimate of drug-likeness (QED) is 0.827. The van der Waals surface area contributed by atoms with Gasteiger partial charge >= 0.3 is 0 Å². The molecule has 0 aromatic carbocycles. The summed E-state index contributed by atoms with van der Waals surface area (Å²) in [5.74, 6) is 0.324. The second kappa shape index (κ2) is 6.44. The lowest BCUT2D eigenvalue weighted by Gasteiger charge is -2.17. The van der Waals surface area contributed by atoms with Gasteiger partial charge in [0.15, 0.2) is 5.69 Å². The van der Waals surface area contributed by atoms with Crippen molar-refractivity contribution in [1.29, 1.82) is 0 Å². The number of hydrogen-bond donors (Lipinski definition) is 0. The molecule has 0 N–H and O–H groups in total. The van der Waals surface area contributed by atoms with E-state index in [0.29, 0.717) is 30.2 Å². The summed E-state index contributed by atoms with van der Waals surface area (Å²) in [6, 6.07) is 3.37. The van der Waals surface area contributed by atoms with Crippen LogP contribution in [0.3, 0.4) is 0 Å². The largest absolute Gasteiger partial charge is 0.481 e. The van der Waals surface area contributed by atoms with Crippen LogP contribution in [0, 0.1) is 0 Å². The molecular formula is C18H21N5O3. The fourth-order valence-corrected chi connectivity index (χ4v) is 3.59. The maximum absolute atomic E-state index is 12.8. The first-order chi connectivity index (χ1) is 12.6. The van der Waals surface area contributed by atoms with Gasteiger partial charge in [0.1, 0.15) is 0 Å². The van der Waals surface area contributed by atoms with Gasteiger partial charge in [0, 0.05) is 38.0 Å². The zero-order valence-corrected chi connectivity index (χ0v) is 14.9. The fourth-order valence-electron chi connectivity index (χ4n) is 3.59. The zero-order chi connectivity index (χ0) is 18.3. The molecule has 0 bridgehead atoms. The van der Waals surface area contributed by atoms with Crippen LogP contribution in [0.25, 0.3) is 0 Å². The first kappa shape index (κ1) is 16.6. The van der Waals surface area contributed by atoms with Crippen LogP contribution >= 0.6 is 0 Å². The molecule has 0 atom stereocenters. The molecule has 2 aliphatic rings. The molecule has 0 unspecified atom stereocenters. The topological polar surface area (TPSA) is 80.6 Å². The Hall–Kier alpha value is -2.90. The molecule has 2 aromatic rings. The molecule has 0 spiro atoms. The number of carbonyl (C=O) groups is 2. The van der Waals surface area contributed by atoms with Gasteiger partial charge in [-0.2, -0.15) is 5.10 Å². The monoisotopic (exact) mass is 355 g/mol. The van der Waals surface area contributed by atoms with Crippen molar-refractivity contribution < 1.29 is 14.3 Å². The Morgan fingerprint density at radius 2 is 1.85 bits per heavy atom. The number of aromatic nitrogens is 3. The first-order valence-corrected chi connectivity index (χ1v) is 8.72. The summed E-state index contributed by atoms with van der Waals surface area (Å²) in [5, 5.41) is 4.42. The van der Waals surface area contributed by atoms with Gasteiger partial charge in [-0.05, 0) is 18.9 Å². The van der Waals surface area contributed by atoms with Crippen molar-refractivity contribution in [2.45, 2.75) is 25.9 Å². The van der Waals surface area contributed by atoms with Crippen LogP contribution in [-0.4, -0.2) is 56.6 Å². The van der Waals surface area contributed by atoms with Crippen molar-refractivity contribution in [1.82, 2.24) is 24.6 Å². The van der Waals surface area contributed by atoms with Gasteiger partial charge in [-0.25, -0.2) is 4.98 Å². The third kappa shape index (κ3) is 2.71. The molecular weight excluding hydrogens is 334 g/mol. The number of hydrogen-bond acceptors (Lipinski definition) is 5. The third-order valence-electron chi connectivity index (χ3n) is 5.04. The summed E-state index contributed by atoms with van der Waals surface area (Å²) < 4.78 is 6.75. The minimum Gasteiger partial charge on any atom is -0.481 e. The second-order valence-corrected chi connectivity index (χ2v) is 6.65. The Bertz CT molecular complexity index is 852. The van der Waals surface area contributed by atoms with E-state index in [0.717, 1.165) is 37.2 Å². The number of ether oxygens (including phenoxy) is 1. The van der Waals surface area contributed by atoms with Gasteiger partial charge in [-0.1, -0.05) is 0 Å². The molecule has 2 aromatic heterocycles. The van der Waals surface area contributed by atoms with Gasteiger partial charge in [0.2, 0.25) is 5.88 Å². The third-order valence-corrected chi connectivity index (χ3v) is 5.04. The number of nitrogens with zero attached hydrogens (tertiary/aromatic N) is 5. The van der Waals surface area contributed by atoms with E-state index in [-0.39, 0.29) is 11.8 Å². The van der Waals surface area contributed by atoms with Crippen LogP contribution < -0.4 is 4.74 Å². The van der Waals surface area contributed by atoms with Crippen LogP contribution in [0.1, 0.15) is 44.9 Å². The Balaban J connectivity index is 1.55. The lowest BCUT2D eigenvalue weighted by Crippen LogP contribution is -2.30. The maximum Gasteiger partial charge on any atom is 0.274 e. The molecule has 8 nitrogen and oxygen atoms in total. The zero-order valence-electron chi connectivity index (χ0n) is 14.9. The fraction of sp³-hybridized carbons (Fsp3) is 0.444. The Morgan fingerprint density at radius 3 is 2.50 bits per heavy atom. The van der Waals surface area contributed by atoms with Gasteiger partial charge in [0.05, 0.1) is 31.5 Å². The number of pyridine rings is 1. The Kier molecular flexibility index (Phi) is 4.10. The van der Waals surface area contributed by atoms with E-state index in [4.69, 9.17) is 4.74 Å². The number of fused-ring (bicyclic) bond motifs is 1. The summed E-state index contributed by atoms with van der Waals surface area (Å²) in [7, 11) is 3.36. The minimum absolute atomic E-state index is 0.0280. The predicted octanol–water partition coefficient (Wildman–Crippen LogP) is 1.22. The van der Waals surface area contributed by atoms with Crippen molar-refractivity contribution in [3.05, 3.63) is 40.8 Å². The van der Waals surface area contributed by atoms with E-state index in [1.807, 2.05) is 11.9 Å². The molecule has 8 heteroatoms. The Labute approximate surface area is 151 Å². The molecule has 26 heavy (non-hydrogen) atoms. The maximum atomic E-state index is 12.8. The molecule has 2 aliphatic heterocycles. The minimum atomic E-state index is -0.115. The van der Waals surface area contributed by atoms with Gasteiger partial charge in [-0.15, -0.1) is 0 Å². The van der Waals surface area contributed by atoms with E-state index >= 15 is 0 Å². The van der Waals surface area contributed by atoms with E-state index < -0.39 is 0 Å². The summed E-state index contributed by atoms with van der Waals surface area (Å²) in [4.78, 5) is 33.2. The number of likely N-dealkylation sites (tertiary alicyclic amines) is 1. The normalized spacial score (nSPS) is 16.1. The summed E-state index contributed by atoms with van der Waals surface area (Å²) >= 11 is 0. The number of carbonyl (C=O) groups excluding carboxylic acids is 2. The molecule has 4 rings (SSSR count). The van der Waals surface area contributed by atoms with E-state index in [2.05, 4.69) is 10.1 Å². The first-order valence-electron chi connectivity index (χ1n) is 8.72. The number of aryl methyl sites for hydroxylation is 1. The highest BCUT2D eigenvalue weighted by Crippen LogP contribution is 2.28. The average Bonchev–Trinajstić information content (AvgIpc) is 3.39. The van der Waals surface area contributed by atoms with Crippen LogP contribution in [0.5, 0.6) is 5.88 Å². The molecule has 0 aliphatic carbocycles. The predicted molar refractivity (Wildman–Crippen MR) is 92.7 cm³/mol. The van der Waals surface area contributed by atoms with Gasteiger partial charge < -0.3 is 14.5 Å².